The molecular formula is C24H48O3. The molecule has 0 amide bonds. The summed E-state index contributed by atoms with van der Waals surface area (Å²) in [6.45, 7) is 15.6. The fourth-order valence-electron chi connectivity index (χ4n) is 3.11. The lowest BCUT2D eigenvalue weighted by molar-refractivity contribution is 0.0298. The van der Waals surface area contributed by atoms with Gasteiger partial charge in [-0.2, -0.15) is 0 Å². The van der Waals surface area contributed by atoms with Crippen LogP contribution in [0, 0.1) is 17.8 Å². The third-order valence-corrected chi connectivity index (χ3v) is 5.39. The summed E-state index contributed by atoms with van der Waals surface area (Å²) in [7, 11) is 0. The van der Waals surface area contributed by atoms with Crippen molar-refractivity contribution in [2.45, 2.75) is 118 Å². The number of ether oxygens (including phenoxy) is 3. The monoisotopic (exact) mass is 384 g/mol. The second kappa shape index (κ2) is 14.8. The van der Waals surface area contributed by atoms with Crippen LogP contribution in [0.1, 0.15) is 99.3 Å². The van der Waals surface area contributed by atoms with E-state index in [4.69, 9.17) is 14.2 Å². The van der Waals surface area contributed by atoms with Crippen molar-refractivity contribution in [3.05, 3.63) is 0 Å². The van der Waals surface area contributed by atoms with Crippen LogP contribution < -0.4 is 0 Å². The molecule has 0 bridgehead atoms. The second-order valence-corrected chi connectivity index (χ2v) is 9.54. The van der Waals surface area contributed by atoms with Gasteiger partial charge in [0.05, 0.1) is 18.3 Å². The van der Waals surface area contributed by atoms with Gasteiger partial charge >= 0.3 is 0 Å². The van der Waals surface area contributed by atoms with Gasteiger partial charge in [0, 0.05) is 19.8 Å². The van der Waals surface area contributed by atoms with E-state index in [-0.39, 0.29) is 0 Å². The maximum atomic E-state index is 5.53. The van der Waals surface area contributed by atoms with Gasteiger partial charge in [-0.3, -0.25) is 0 Å². The zero-order valence-electron chi connectivity index (χ0n) is 19.2. The summed E-state index contributed by atoms with van der Waals surface area (Å²) in [5.41, 5.74) is 0. The molecule has 0 radical (unpaired) electrons. The summed E-state index contributed by atoms with van der Waals surface area (Å²) < 4.78 is 16.3. The van der Waals surface area contributed by atoms with Gasteiger partial charge in [0.1, 0.15) is 0 Å². The first-order chi connectivity index (χ1) is 12.9. The summed E-state index contributed by atoms with van der Waals surface area (Å²) in [6.07, 6.45) is 13.9. The maximum Gasteiger partial charge on any atom is 0.0519 e. The van der Waals surface area contributed by atoms with Crippen molar-refractivity contribution >= 4 is 0 Å². The van der Waals surface area contributed by atoms with E-state index < -0.39 is 0 Å². The molecule has 3 aliphatic rings. The van der Waals surface area contributed by atoms with Gasteiger partial charge in [0.2, 0.25) is 0 Å². The van der Waals surface area contributed by atoms with Gasteiger partial charge < -0.3 is 14.2 Å². The average Bonchev–Trinajstić information content (AvgIpc) is 3.24. The van der Waals surface area contributed by atoms with E-state index in [1.807, 2.05) is 0 Å². The molecule has 0 aromatic carbocycles. The van der Waals surface area contributed by atoms with Crippen molar-refractivity contribution in [2.24, 2.45) is 17.8 Å². The predicted molar refractivity (Wildman–Crippen MR) is 115 cm³/mol. The molecule has 0 aromatic heterocycles. The molecule has 3 heteroatoms. The van der Waals surface area contributed by atoms with Crippen LogP contribution in [-0.2, 0) is 14.2 Å². The minimum atomic E-state index is 0.417. The normalized spacial score (nSPS) is 20.3. The van der Waals surface area contributed by atoms with Gasteiger partial charge in [0.25, 0.3) is 0 Å². The summed E-state index contributed by atoms with van der Waals surface area (Å²) in [5, 5.41) is 0. The molecule has 0 aliphatic heterocycles. The molecule has 0 heterocycles. The highest BCUT2D eigenvalue weighted by molar-refractivity contribution is 4.72. The number of hydrogen-bond acceptors (Lipinski definition) is 3. The van der Waals surface area contributed by atoms with Crippen molar-refractivity contribution in [1.82, 2.24) is 0 Å². The Kier molecular flexibility index (Phi) is 13.7. The standard InChI is InChI=1S/C9H18O.C8H16O.C7H14O/c1-8(2)10-7-9-5-3-4-6-9;1-7(2)9-6-8-4-3-5-8;1-6(2)8-5-7-3-4-7/h8-9H,3-7H2,1-2H3;7-8H,3-6H2,1-2H3;6-7H,3-5H2,1-2H3. The lowest BCUT2D eigenvalue weighted by atomic mass is 9.86. The lowest BCUT2D eigenvalue weighted by Crippen LogP contribution is -2.19. The summed E-state index contributed by atoms with van der Waals surface area (Å²) in [6, 6.07) is 0. The van der Waals surface area contributed by atoms with Crippen molar-refractivity contribution in [2.75, 3.05) is 19.8 Å². The second-order valence-electron chi connectivity index (χ2n) is 9.54. The van der Waals surface area contributed by atoms with Crippen molar-refractivity contribution in [3.8, 4) is 0 Å². The van der Waals surface area contributed by atoms with Gasteiger partial charge in [-0.05, 0) is 97.8 Å². The van der Waals surface area contributed by atoms with E-state index in [2.05, 4.69) is 41.5 Å². The predicted octanol–water partition coefficient (Wildman–Crippen LogP) is 6.63. The molecule has 0 aromatic rings. The first kappa shape index (κ1) is 24.9. The van der Waals surface area contributed by atoms with Crippen LogP contribution in [0.25, 0.3) is 0 Å². The molecular weight excluding hydrogens is 336 g/mol. The maximum absolute atomic E-state index is 5.53. The third kappa shape index (κ3) is 15.5. The Morgan fingerprint density at radius 2 is 0.778 bits per heavy atom. The molecule has 27 heavy (non-hydrogen) atoms. The smallest absolute Gasteiger partial charge is 0.0519 e. The van der Waals surface area contributed by atoms with Crippen molar-refractivity contribution < 1.29 is 14.2 Å². The highest BCUT2D eigenvalue weighted by atomic mass is 16.5. The van der Waals surface area contributed by atoms with Crippen LogP contribution in [0.5, 0.6) is 0 Å². The Labute approximate surface area is 169 Å². The van der Waals surface area contributed by atoms with E-state index in [9.17, 15) is 0 Å². The lowest BCUT2D eigenvalue weighted by Gasteiger charge is -2.25. The van der Waals surface area contributed by atoms with Gasteiger partial charge in [-0.25, -0.2) is 0 Å². The molecule has 3 saturated carbocycles. The quantitative estimate of drug-likeness (QED) is 0.446. The first-order valence-electron chi connectivity index (χ1n) is 11.7. The number of hydrogen-bond donors (Lipinski definition) is 0. The van der Waals surface area contributed by atoms with Crippen LogP contribution >= 0.6 is 0 Å². The van der Waals surface area contributed by atoms with Crippen LogP contribution in [0.2, 0.25) is 0 Å². The minimum absolute atomic E-state index is 0.417. The molecule has 0 atom stereocenters. The zero-order chi connectivity index (χ0) is 20.1. The topological polar surface area (TPSA) is 27.7 Å². The molecule has 162 valence electrons. The Morgan fingerprint density at radius 3 is 1.00 bits per heavy atom. The molecule has 3 aliphatic carbocycles. The summed E-state index contributed by atoms with van der Waals surface area (Å²) >= 11 is 0. The van der Waals surface area contributed by atoms with Crippen molar-refractivity contribution in [3.63, 3.8) is 0 Å². The minimum Gasteiger partial charge on any atom is -0.379 e. The van der Waals surface area contributed by atoms with E-state index in [1.54, 1.807) is 0 Å². The zero-order valence-corrected chi connectivity index (χ0v) is 19.2. The van der Waals surface area contributed by atoms with Crippen LogP contribution in [0.3, 0.4) is 0 Å². The van der Waals surface area contributed by atoms with E-state index in [1.165, 1.54) is 57.8 Å². The van der Waals surface area contributed by atoms with Crippen LogP contribution in [-0.4, -0.2) is 38.1 Å². The van der Waals surface area contributed by atoms with E-state index in [0.717, 1.165) is 37.6 Å². The number of rotatable bonds is 9. The fraction of sp³-hybridized carbons (Fsp3) is 1.00. The Morgan fingerprint density at radius 1 is 0.481 bits per heavy atom. The first-order valence-corrected chi connectivity index (χ1v) is 11.7. The van der Waals surface area contributed by atoms with Crippen molar-refractivity contribution in [1.29, 1.82) is 0 Å². The molecule has 0 N–H and O–H groups in total. The SMILES string of the molecule is CC(C)OCC1CC1.CC(C)OCC1CCC1.CC(C)OCC1CCCC1. The van der Waals surface area contributed by atoms with E-state index in [0.29, 0.717) is 18.3 Å². The van der Waals surface area contributed by atoms with Crippen LogP contribution in [0.15, 0.2) is 0 Å². The fourth-order valence-corrected chi connectivity index (χ4v) is 3.11. The van der Waals surface area contributed by atoms with Gasteiger partial charge in [-0.15, -0.1) is 0 Å². The molecule has 3 nitrogen and oxygen atoms in total. The molecule has 0 saturated heterocycles. The molecule has 3 fully saturated rings. The third-order valence-electron chi connectivity index (χ3n) is 5.39. The summed E-state index contributed by atoms with van der Waals surface area (Å²) in [5.74, 6) is 2.69. The van der Waals surface area contributed by atoms with Gasteiger partial charge in [0.15, 0.2) is 0 Å². The average molecular weight is 385 g/mol. The molecule has 0 spiro atoms. The largest absolute Gasteiger partial charge is 0.379 e. The van der Waals surface area contributed by atoms with E-state index >= 15 is 0 Å². The molecule has 3 rings (SSSR count). The highest BCUT2D eigenvalue weighted by Gasteiger charge is 2.21. The molecule has 0 unspecified atom stereocenters. The Bertz CT molecular complexity index is 325. The Hall–Kier alpha value is -0.120. The Balaban J connectivity index is 0.000000204. The summed E-state index contributed by atoms with van der Waals surface area (Å²) in [4.78, 5) is 0. The van der Waals surface area contributed by atoms with Crippen LogP contribution in [0.4, 0.5) is 0 Å². The highest BCUT2D eigenvalue weighted by Crippen LogP contribution is 2.29. The van der Waals surface area contributed by atoms with Gasteiger partial charge in [-0.1, -0.05) is 19.3 Å².